The molecule has 45 heavy (non-hydrogen) atoms. The third kappa shape index (κ3) is 6.08. The van der Waals surface area contributed by atoms with Crippen LogP contribution in [0.5, 0.6) is 0 Å². The maximum atomic E-state index is 11.4. The van der Waals surface area contributed by atoms with Crippen LogP contribution in [0.4, 0.5) is 0 Å². The first kappa shape index (κ1) is 30.5. The molecular formula is C39H32O4S2. The van der Waals surface area contributed by atoms with E-state index in [1.165, 1.54) is 56.3 Å². The lowest BCUT2D eigenvalue weighted by molar-refractivity contribution is -0.138. The molecule has 0 spiro atoms. The van der Waals surface area contributed by atoms with Crippen molar-refractivity contribution in [2.45, 2.75) is 15.2 Å². The molecule has 5 aromatic rings. The monoisotopic (exact) mass is 628 g/mol. The minimum absolute atomic E-state index is 0.329. The number of fused-ring (bicyclic) bond motifs is 4. The van der Waals surface area contributed by atoms with Gasteiger partial charge in [0.2, 0.25) is 0 Å². The van der Waals surface area contributed by atoms with E-state index in [-0.39, 0.29) is 0 Å². The van der Waals surface area contributed by atoms with Gasteiger partial charge in [0.05, 0.1) is 5.41 Å². The van der Waals surface area contributed by atoms with E-state index in [1.807, 2.05) is 0 Å². The number of carbonyl (C=O) groups excluding carboxylic acids is 2. The molecule has 0 atom stereocenters. The van der Waals surface area contributed by atoms with Crippen LogP contribution in [0.15, 0.2) is 144 Å². The second-order valence-corrected chi connectivity index (χ2v) is 12.9. The summed E-state index contributed by atoms with van der Waals surface area (Å²) in [6.07, 6.45) is 2.37. The SMILES string of the molecule is C=CC(=O)OCCSc1ccc(C2(c3ccc(SCCOC(=O)C=C)cc3)c3ccccc3-c3cc4ccccc4cc32)cc1. The Morgan fingerprint density at radius 3 is 1.62 bits per heavy atom. The molecule has 0 N–H and O–H groups in total. The highest BCUT2D eigenvalue weighted by atomic mass is 32.2. The Balaban J connectivity index is 1.41. The van der Waals surface area contributed by atoms with Crippen LogP contribution < -0.4 is 0 Å². The van der Waals surface area contributed by atoms with Crippen LogP contribution in [0.3, 0.4) is 0 Å². The van der Waals surface area contributed by atoms with Crippen molar-refractivity contribution in [3.05, 3.63) is 157 Å². The lowest BCUT2D eigenvalue weighted by Gasteiger charge is -2.34. The van der Waals surface area contributed by atoms with Gasteiger partial charge in [-0.2, -0.15) is 0 Å². The molecule has 0 amide bonds. The molecule has 0 saturated heterocycles. The Morgan fingerprint density at radius 1 is 0.600 bits per heavy atom. The molecule has 0 heterocycles. The minimum atomic E-state index is -0.526. The summed E-state index contributed by atoms with van der Waals surface area (Å²) in [7, 11) is 0. The maximum absolute atomic E-state index is 11.4. The molecule has 4 nitrogen and oxygen atoms in total. The first-order valence-corrected chi connectivity index (χ1v) is 16.7. The molecule has 0 unspecified atom stereocenters. The zero-order valence-corrected chi connectivity index (χ0v) is 26.4. The smallest absolute Gasteiger partial charge is 0.330 e. The Labute approximate surface area is 272 Å². The molecule has 0 fully saturated rings. The summed E-state index contributed by atoms with van der Waals surface area (Å²) in [6, 6.07) is 39.5. The van der Waals surface area contributed by atoms with Crippen molar-refractivity contribution >= 4 is 46.2 Å². The average Bonchev–Trinajstić information content (AvgIpc) is 3.37. The van der Waals surface area contributed by atoms with Crippen molar-refractivity contribution in [1.82, 2.24) is 0 Å². The zero-order valence-electron chi connectivity index (χ0n) is 24.7. The van der Waals surface area contributed by atoms with Crippen LogP contribution in [0, 0.1) is 0 Å². The van der Waals surface area contributed by atoms with Crippen molar-refractivity contribution < 1.29 is 19.1 Å². The van der Waals surface area contributed by atoms with Crippen LogP contribution in [0.2, 0.25) is 0 Å². The Hall–Kier alpha value is -4.52. The predicted molar refractivity (Wildman–Crippen MR) is 185 cm³/mol. The molecule has 0 radical (unpaired) electrons. The highest BCUT2D eigenvalue weighted by Crippen LogP contribution is 2.57. The van der Waals surface area contributed by atoms with Crippen molar-refractivity contribution in [3.8, 4) is 11.1 Å². The van der Waals surface area contributed by atoms with Gasteiger partial charge >= 0.3 is 11.9 Å². The van der Waals surface area contributed by atoms with E-state index in [2.05, 4.69) is 122 Å². The molecule has 6 rings (SSSR count). The van der Waals surface area contributed by atoms with Crippen molar-refractivity contribution in [3.63, 3.8) is 0 Å². The highest BCUT2D eigenvalue weighted by Gasteiger charge is 2.46. The highest BCUT2D eigenvalue weighted by molar-refractivity contribution is 7.99. The molecule has 0 aromatic heterocycles. The van der Waals surface area contributed by atoms with Crippen molar-refractivity contribution in [1.29, 1.82) is 0 Å². The summed E-state index contributed by atoms with van der Waals surface area (Å²) in [5.74, 6) is 0.514. The third-order valence-corrected chi connectivity index (χ3v) is 9.96. The molecule has 1 aliphatic rings. The number of hydrogen-bond donors (Lipinski definition) is 0. The molecule has 1 aliphatic carbocycles. The number of carbonyl (C=O) groups is 2. The Kier molecular flexibility index (Phi) is 9.24. The van der Waals surface area contributed by atoms with Gasteiger partial charge in [0.25, 0.3) is 0 Å². The first-order valence-electron chi connectivity index (χ1n) is 14.7. The van der Waals surface area contributed by atoms with Crippen LogP contribution in [-0.4, -0.2) is 36.7 Å². The van der Waals surface area contributed by atoms with Crippen molar-refractivity contribution in [2.24, 2.45) is 0 Å². The topological polar surface area (TPSA) is 52.6 Å². The summed E-state index contributed by atoms with van der Waals surface area (Å²) in [4.78, 5) is 25.1. The fraction of sp³-hybridized carbons (Fsp3) is 0.128. The van der Waals surface area contributed by atoms with Crippen LogP contribution in [0.1, 0.15) is 22.3 Å². The van der Waals surface area contributed by atoms with Crippen LogP contribution in [0.25, 0.3) is 21.9 Å². The van der Waals surface area contributed by atoms with Gasteiger partial charge in [0.15, 0.2) is 0 Å². The van der Waals surface area contributed by atoms with Gasteiger partial charge < -0.3 is 9.47 Å². The largest absolute Gasteiger partial charge is 0.462 e. The van der Waals surface area contributed by atoms with E-state index in [4.69, 9.17) is 9.47 Å². The molecule has 224 valence electrons. The third-order valence-electron chi connectivity index (χ3n) is 8.01. The van der Waals surface area contributed by atoms with Gasteiger partial charge in [0, 0.05) is 33.4 Å². The summed E-state index contributed by atoms with van der Waals surface area (Å²) in [5, 5.41) is 2.42. The quantitative estimate of drug-likeness (QED) is 0.0584. The lowest BCUT2D eigenvalue weighted by Crippen LogP contribution is -2.28. The van der Waals surface area contributed by atoms with Gasteiger partial charge in [-0.25, -0.2) is 9.59 Å². The fourth-order valence-corrected chi connectivity index (χ4v) is 7.54. The minimum Gasteiger partial charge on any atom is -0.462 e. The average molecular weight is 629 g/mol. The number of rotatable bonds is 12. The van der Waals surface area contributed by atoms with E-state index in [0.29, 0.717) is 24.7 Å². The van der Waals surface area contributed by atoms with E-state index >= 15 is 0 Å². The van der Waals surface area contributed by atoms with Crippen LogP contribution in [-0.2, 0) is 24.5 Å². The molecular weight excluding hydrogens is 597 g/mol. The molecule has 6 heteroatoms. The number of ether oxygens (including phenoxy) is 2. The summed E-state index contributed by atoms with van der Waals surface area (Å²) in [6.45, 7) is 7.57. The lowest BCUT2D eigenvalue weighted by atomic mass is 9.67. The second kappa shape index (κ2) is 13.6. The van der Waals surface area contributed by atoms with Gasteiger partial charge in [-0.15, -0.1) is 23.5 Å². The van der Waals surface area contributed by atoms with E-state index in [1.54, 1.807) is 23.5 Å². The maximum Gasteiger partial charge on any atom is 0.330 e. The Bertz CT molecular complexity index is 1810. The predicted octanol–water partition coefficient (Wildman–Crippen LogP) is 8.85. The van der Waals surface area contributed by atoms with Gasteiger partial charge in [-0.1, -0.05) is 86.0 Å². The second-order valence-electron chi connectivity index (χ2n) is 10.5. The number of thioether (sulfide) groups is 2. The zero-order chi connectivity index (χ0) is 31.2. The van der Waals surface area contributed by atoms with E-state index < -0.39 is 17.4 Å². The van der Waals surface area contributed by atoms with E-state index in [9.17, 15) is 9.59 Å². The van der Waals surface area contributed by atoms with E-state index in [0.717, 1.165) is 9.79 Å². The molecule has 0 bridgehead atoms. The fourth-order valence-electron chi connectivity index (χ4n) is 6.08. The van der Waals surface area contributed by atoms with Crippen molar-refractivity contribution in [2.75, 3.05) is 24.7 Å². The standard InChI is InChI=1S/C39H32O4S2/c1-3-37(40)42-21-23-44-31-17-13-29(14-18-31)39(30-15-19-32(20-16-30)45-24-22-43-38(41)4-2)35-12-8-7-11-33(35)34-25-27-9-5-6-10-28(27)26-36(34)39/h3-20,25-26H,1-2,21-24H2. The van der Waals surface area contributed by atoms with Gasteiger partial charge in [0.1, 0.15) is 13.2 Å². The van der Waals surface area contributed by atoms with Gasteiger partial charge in [-0.3, -0.25) is 0 Å². The van der Waals surface area contributed by atoms with Gasteiger partial charge in [-0.05, 0) is 80.6 Å². The number of hydrogen-bond acceptors (Lipinski definition) is 6. The Morgan fingerprint density at radius 2 is 1.09 bits per heavy atom. The van der Waals surface area contributed by atoms with Crippen LogP contribution >= 0.6 is 23.5 Å². The first-order chi connectivity index (χ1) is 22.0. The summed E-state index contributed by atoms with van der Waals surface area (Å²) >= 11 is 3.31. The summed E-state index contributed by atoms with van der Waals surface area (Å²) in [5.41, 5.74) is 6.84. The normalized spacial score (nSPS) is 12.6. The molecule has 0 saturated carbocycles. The summed E-state index contributed by atoms with van der Waals surface area (Å²) < 4.78 is 10.3. The molecule has 5 aromatic carbocycles. The number of esters is 2. The number of benzene rings is 5. The molecule has 0 aliphatic heterocycles.